The van der Waals surface area contributed by atoms with Crippen molar-refractivity contribution in [3.05, 3.63) is 28.8 Å². The van der Waals surface area contributed by atoms with E-state index in [9.17, 15) is 4.79 Å². The number of hydrogen-bond acceptors (Lipinski definition) is 3. The predicted molar refractivity (Wildman–Crippen MR) is 70.7 cm³/mol. The fraction of sp³-hybridized carbons (Fsp3) is 0.364. The average molecular weight is 279 g/mol. The first kappa shape index (κ1) is 16.0. The Morgan fingerprint density at radius 1 is 1.59 bits per heavy atom. The maximum atomic E-state index is 11.3. The highest BCUT2D eigenvalue weighted by Gasteiger charge is 2.09. The molecule has 1 atom stereocenters. The second kappa shape index (κ2) is 7.37. The van der Waals surface area contributed by atoms with E-state index in [-0.39, 0.29) is 18.3 Å². The standard InChI is InChI=1S/C11H15ClN2O2.ClH/c1-7(13)11(15)14-6-8-5-9(12)3-4-10(8)16-2;/h3-5,7H,6,13H2,1-2H3,(H,14,15);1H/t7-;/m1./s1. The number of ether oxygens (including phenoxy) is 1. The Morgan fingerprint density at radius 2 is 2.24 bits per heavy atom. The number of benzene rings is 1. The van der Waals surface area contributed by atoms with Crippen LogP contribution in [0.4, 0.5) is 0 Å². The maximum absolute atomic E-state index is 11.3. The molecule has 3 N–H and O–H groups in total. The third kappa shape index (κ3) is 4.81. The lowest BCUT2D eigenvalue weighted by atomic mass is 10.2. The summed E-state index contributed by atoms with van der Waals surface area (Å²) in [6.07, 6.45) is 0. The minimum Gasteiger partial charge on any atom is -0.496 e. The van der Waals surface area contributed by atoms with Crippen molar-refractivity contribution in [2.45, 2.75) is 19.5 Å². The third-order valence-electron chi connectivity index (χ3n) is 2.11. The summed E-state index contributed by atoms with van der Waals surface area (Å²) in [4.78, 5) is 11.3. The van der Waals surface area contributed by atoms with Crippen molar-refractivity contribution >= 4 is 29.9 Å². The van der Waals surface area contributed by atoms with Gasteiger partial charge in [0.05, 0.1) is 13.2 Å². The van der Waals surface area contributed by atoms with Gasteiger partial charge in [0.1, 0.15) is 5.75 Å². The Labute approximate surface area is 112 Å². The van der Waals surface area contributed by atoms with Gasteiger partial charge in [-0.1, -0.05) is 11.6 Å². The van der Waals surface area contributed by atoms with Gasteiger partial charge in [-0.15, -0.1) is 12.4 Å². The fourth-order valence-corrected chi connectivity index (χ4v) is 1.42. The van der Waals surface area contributed by atoms with Gasteiger partial charge in [0, 0.05) is 17.1 Å². The summed E-state index contributed by atoms with van der Waals surface area (Å²) < 4.78 is 5.15. The summed E-state index contributed by atoms with van der Waals surface area (Å²) in [5, 5.41) is 3.30. The van der Waals surface area contributed by atoms with Crippen molar-refractivity contribution in [2.75, 3.05) is 7.11 Å². The van der Waals surface area contributed by atoms with Crippen LogP contribution >= 0.6 is 24.0 Å². The minimum absolute atomic E-state index is 0. The summed E-state index contributed by atoms with van der Waals surface area (Å²) >= 11 is 5.86. The first-order valence-electron chi connectivity index (χ1n) is 4.90. The van der Waals surface area contributed by atoms with E-state index in [1.807, 2.05) is 0 Å². The predicted octanol–water partition coefficient (Wildman–Crippen LogP) is 1.73. The lowest BCUT2D eigenvalue weighted by Gasteiger charge is -2.11. The van der Waals surface area contributed by atoms with Gasteiger partial charge in [-0.05, 0) is 25.1 Å². The van der Waals surface area contributed by atoms with E-state index in [1.165, 1.54) is 0 Å². The normalized spacial score (nSPS) is 11.3. The molecule has 1 aromatic rings. The molecular formula is C11H16Cl2N2O2. The summed E-state index contributed by atoms with van der Waals surface area (Å²) in [6.45, 7) is 1.98. The van der Waals surface area contributed by atoms with E-state index in [1.54, 1.807) is 32.2 Å². The van der Waals surface area contributed by atoms with Gasteiger partial charge in [-0.25, -0.2) is 0 Å². The molecule has 0 aliphatic heterocycles. The minimum atomic E-state index is -0.523. The van der Waals surface area contributed by atoms with Crippen molar-refractivity contribution < 1.29 is 9.53 Å². The fourth-order valence-electron chi connectivity index (χ4n) is 1.23. The summed E-state index contributed by atoms with van der Waals surface area (Å²) in [5.74, 6) is 0.483. The Morgan fingerprint density at radius 3 is 2.76 bits per heavy atom. The van der Waals surface area contributed by atoms with E-state index in [0.29, 0.717) is 17.3 Å². The molecule has 0 saturated carbocycles. The molecule has 0 aromatic heterocycles. The van der Waals surface area contributed by atoms with Crippen molar-refractivity contribution in [2.24, 2.45) is 5.73 Å². The lowest BCUT2D eigenvalue weighted by molar-refractivity contribution is -0.122. The van der Waals surface area contributed by atoms with Gasteiger partial charge in [0.25, 0.3) is 0 Å². The Balaban J connectivity index is 0.00000256. The molecule has 0 spiro atoms. The molecule has 0 unspecified atom stereocenters. The number of carbonyl (C=O) groups is 1. The number of carbonyl (C=O) groups excluding carboxylic acids is 1. The molecule has 0 aliphatic rings. The zero-order chi connectivity index (χ0) is 12.1. The Kier molecular flexibility index (Phi) is 6.95. The number of nitrogens with one attached hydrogen (secondary N) is 1. The molecule has 4 nitrogen and oxygen atoms in total. The van der Waals surface area contributed by atoms with Crippen LogP contribution in [-0.4, -0.2) is 19.1 Å². The largest absolute Gasteiger partial charge is 0.496 e. The van der Waals surface area contributed by atoms with Crippen molar-refractivity contribution in [1.82, 2.24) is 5.32 Å². The molecule has 6 heteroatoms. The van der Waals surface area contributed by atoms with Gasteiger partial charge in [0.15, 0.2) is 0 Å². The third-order valence-corrected chi connectivity index (χ3v) is 2.34. The Bertz CT molecular complexity index is 384. The molecule has 0 heterocycles. The van der Waals surface area contributed by atoms with Crippen LogP contribution in [-0.2, 0) is 11.3 Å². The molecule has 0 bridgehead atoms. The molecule has 1 aromatic carbocycles. The summed E-state index contributed by atoms with van der Waals surface area (Å²) in [7, 11) is 1.57. The molecule has 96 valence electrons. The molecule has 0 saturated heterocycles. The van der Waals surface area contributed by atoms with E-state index >= 15 is 0 Å². The molecule has 1 amide bonds. The van der Waals surface area contributed by atoms with Crippen molar-refractivity contribution in [1.29, 1.82) is 0 Å². The van der Waals surface area contributed by atoms with E-state index in [4.69, 9.17) is 22.1 Å². The lowest BCUT2D eigenvalue weighted by Crippen LogP contribution is -2.37. The van der Waals surface area contributed by atoms with Gasteiger partial charge in [-0.3, -0.25) is 4.79 Å². The first-order chi connectivity index (χ1) is 7.54. The quantitative estimate of drug-likeness (QED) is 0.882. The number of nitrogens with two attached hydrogens (primary N) is 1. The monoisotopic (exact) mass is 278 g/mol. The first-order valence-corrected chi connectivity index (χ1v) is 5.28. The average Bonchev–Trinajstić information content (AvgIpc) is 2.25. The highest BCUT2D eigenvalue weighted by atomic mass is 35.5. The second-order valence-corrected chi connectivity index (χ2v) is 3.90. The molecule has 0 radical (unpaired) electrons. The van der Waals surface area contributed by atoms with Crippen LogP contribution in [0.2, 0.25) is 5.02 Å². The topological polar surface area (TPSA) is 64.3 Å². The van der Waals surface area contributed by atoms with Crippen LogP contribution in [0, 0.1) is 0 Å². The number of methoxy groups -OCH3 is 1. The number of amides is 1. The van der Waals surface area contributed by atoms with Gasteiger partial charge in [-0.2, -0.15) is 0 Å². The summed E-state index contributed by atoms with van der Waals surface area (Å²) in [6, 6.07) is 4.72. The van der Waals surface area contributed by atoms with Crippen LogP contribution in [0.15, 0.2) is 18.2 Å². The van der Waals surface area contributed by atoms with Crippen LogP contribution in [0.25, 0.3) is 0 Å². The number of rotatable bonds is 4. The molecule has 0 fully saturated rings. The van der Waals surface area contributed by atoms with Crippen LogP contribution < -0.4 is 15.8 Å². The Hall–Kier alpha value is -0.970. The molecule has 1 rings (SSSR count). The van der Waals surface area contributed by atoms with Crippen molar-refractivity contribution in [3.8, 4) is 5.75 Å². The van der Waals surface area contributed by atoms with E-state index in [0.717, 1.165) is 5.56 Å². The van der Waals surface area contributed by atoms with Gasteiger partial charge < -0.3 is 15.8 Å². The highest BCUT2D eigenvalue weighted by Crippen LogP contribution is 2.22. The molecule has 0 aliphatic carbocycles. The van der Waals surface area contributed by atoms with Crippen LogP contribution in [0.5, 0.6) is 5.75 Å². The zero-order valence-corrected chi connectivity index (χ0v) is 11.3. The van der Waals surface area contributed by atoms with E-state index < -0.39 is 6.04 Å². The highest BCUT2D eigenvalue weighted by molar-refractivity contribution is 6.30. The van der Waals surface area contributed by atoms with Gasteiger partial charge in [0.2, 0.25) is 5.91 Å². The molecular weight excluding hydrogens is 263 g/mol. The van der Waals surface area contributed by atoms with E-state index in [2.05, 4.69) is 5.32 Å². The van der Waals surface area contributed by atoms with Crippen LogP contribution in [0.3, 0.4) is 0 Å². The maximum Gasteiger partial charge on any atom is 0.236 e. The second-order valence-electron chi connectivity index (χ2n) is 3.46. The molecule has 17 heavy (non-hydrogen) atoms. The number of halogens is 2. The van der Waals surface area contributed by atoms with Gasteiger partial charge >= 0.3 is 0 Å². The zero-order valence-electron chi connectivity index (χ0n) is 9.70. The number of hydrogen-bond donors (Lipinski definition) is 2. The van der Waals surface area contributed by atoms with Crippen molar-refractivity contribution in [3.63, 3.8) is 0 Å². The SMILES string of the molecule is COc1ccc(Cl)cc1CNC(=O)[C@@H](C)N.Cl. The van der Waals surface area contributed by atoms with Crippen LogP contribution in [0.1, 0.15) is 12.5 Å². The summed E-state index contributed by atoms with van der Waals surface area (Å²) in [5.41, 5.74) is 6.25. The smallest absolute Gasteiger partial charge is 0.236 e.